The van der Waals surface area contributed by atoms with E-state index in [0.29, 0.717) is 5.56 Å². The molecule has 0 unspecified atom stereocenters. The summed E-state index contributed by atoms with van der Waals surface area (Å²) in [5.41, 5.74) is 0.515. The first-order chi connectivity index (χ1) is 9.99. The second-order valence-corrected chi connectivity index (χ2v) is 5.83. The molecule has 0 aliphatic rings. The number of hydrogen-bond donors (Lipinski definition) is 0. The molecular weight excluding hydrogens is 379 g/mol. The molecule has 0 radical (unpaired) electrons. The van der Waals surface area contributed by atoms with Crippen LogP contribution >= 0.6 is 39.1 Å². The van der Waals surface area contributed by atoms with Crippen molar-refractivity contribution in [2.45, 2.75) is 0 Å². The van der Waals surface area contributed by atoms with Crippen LogP contribution in [-0.4, -0.2) is 18.4 Å². The smallest absolute Gasteiger partial charge is 0.341 e. The molecule has 0 heterocycles. The van der Waals surface area contributed by atoms with Crippen molar-refractivity contribution in [3.05, 3.63) is 68.1 Å². The van der Waals surface area contributed by atoms with Gasteiger partial charge < -0.3 is 4.74 Å². The van der Waals surface area contributed by atoms with Crippen LogP contribution in [0.15, 0.2) is 46.9 Å². The van der Waals surface area contributed by atoms with Gasteiger partial charge in [0.15, 0.2) is 12.4 Å². The van der Waals surface area contributed by atoms with Crippen LogP contribution in [0, 0.1) is 0 Å². The zero-order chi connectivity index (χ0) is 15.4. The van der Waals surface area contributed by atoms with Gasteiger partial charge in [0.25, 0.3) is 0 Å². The summed E-state index contributed by atoms with van der Waals surface area (Å²) in [5.74, 6) is -1.03. The van der Waals surface area contributed by atoms with E-state index in [1.807, 2.05) is 0 Å². The monoisotopic (exact) mass is 386 g/mol. The van der Waals surface area contributed by atoms with Gasteiger partial charge in [-0.05, 0) is 24.3 Å². The predicted octanol–water partition coefficient (Wildman–Crippen LogP) is 4.80. The second-order valence-electron chi connectivity index (χ2n) is 4.10. The van der Waals surface area contributed by atoms with E-state index in [1.165, 1.54) is 12.1 Å². The van der Waals surface area contributed by atoms with Gasteiger partial charge >= 0.3 is 5.97 Å². The van der Waals surface area contributed by atoms with E-state index in [4.69, 9.17) is 27.9 Å². The molecule has 0 amide bonds. The van der Waals surface area contributed by atoms with Crippen molar-refractivity contribution in [3.63, 3.8) is 0 Å². The molecule has 3 nitrogen and oxygen atoms in total. The van der Waals surface area contributed by atoms with Gasteiger partial charge in [-0.2, -0.15) is 0 Å². The molecule has 0 atom stereocenters. The number of benzene rings is 2. The van der Waals surface area contributed by atoms with Gasteiger partial charge in [-0.3, -0.25) is 4.79 Å². The minimum atomic E-state index is -0.726. The maximum Gasteiger partial charge on any atom is 0.341 e. The Morgan fingerprint density at radius 2 is 1.57 bits per heavy atom. The molecule has 2 aromatic carbocycles. The maximum absolute atomic E-state index is 11.9. The maximum atomic E-state index is 11.9. The highest BCUT2D eigenvalue weighted by atomic mass is 79.9. The van der Waals surface area contributed by atoms with Gasteiger partial charge in [0, 0.05) is 10.0 Å². The topological polar surface area (TPSA) is 43.4 Å². The van der Waals surface area contributed by atoms with Crippen LogP contribution in [0.5, 0.6) is 0 Å². The zero-order valence-electron chi connectivity index (χ0n) is 10.6. The molecule has 0 N–H and O–H groups in total. The normalized spacial score (nSPS) is 10.2. The van der Waals surface area contributed by atoms with E-state index in [9.17, 15) is 9.59 Å². The number of hydrogen-bond acceptors (Lipinski definition) is 3. The Morgan fingerprint density at radius 1 is 1.00 bits per heavy atom. The summed E-state index contributed by atoms with van der Waals surface area (Å²) in [7, 11) is 0. The highest BCUT2D eigenvalue weighted by Gasteiger charge is 2.17. The first-order valence-corrected chi connectivity index (χ1v) is 7.44. The van der Waals surface area contributed by atoms with E-state index in [1.54, 1.807) is 30.3 Å². The van der Waals surface area contributed by atoms with Gasteiger partial charge in [-0.15, -0.1) is 0 Å². The van der Waals surface area contributed by atoms with Crippen molar-refractivity contribution in [2.24, 2.45) is 0 Å². The molecule has 0 bridgehead atoms. The third-order valence-electron chi connectivity index (χ3n) is 2.67. The van der Waals surface area contributed by atoms with Gasteiger partial charge in [0.05, 0.1) is 15.6 Å². The third-order valence-corrected chi connectivity index (χ3v) is 3.83. The third kappa shape index (κ3) is 4.06. The molecule has 2 aromatic rings. The summed E-state index contributed by atoms with van der Waals surface area (Å²) in [5, 5.41) is 0.368. The minimum Gasteiger partial charge on any atom is -0.454 e. The van der Waals surface area contributed by atoms with E-state index < -0.39 is 5.97 Å². The van der Waals surface area contributed by atoms with Crippen LogP contribution in [0.3, 0.4) is 0 Å². The summed E-state index contributed by atoms with van der Waals surface area (Å²) < 4.78 is 5.83. The number of carbonyl (C=O) groups excluding carboxylic acids is 2. The standard InChI is InChI=1S/C15H9BrCl2O3/c16-10-6-4-9(5-7-10)13(19)8-21-15(20)14-11(17)2-1-3-12(14)18/h1-7H,8H2. The fourth-order valence-electron chi connectivity index (χ4n) is 1.62. The Balaban J connectivity index is 2.04. The van der Waals surface area contributed by atoms with Crippen LogP contribution in [-0.2, 0) is 4.74 Å². The Bertz CT molecular complexity index is 664. The van der Waals surface area contributed by atoms with Crippen molar-refractivity contribution in [2.75, 3.05) is 6.61 Å². The number of esters is 1. The molecule has 0 spiro atoms. The molecular formula is C15H9BrCl2O3. The minimum absolute atomic E-state index is 0.0597. The molecule has 0 fully saturated rings. The Hall–Kier alpha value is -1.36. The summed E-state index contributed by atoms with van der Waals surface area (Å²) in [6.45, 7) is -0.373. The molecule has 0 aliphatic heterocycles. The SMILES string of the molecule is O=C(COC(=O)c1c(Cl)cccc1Cl)c1ccc(Br)cc1. The summed E-state index contributed by atoms with van der Waals surface area (Å²) in [6.07, 6.45) is 0. The molecule has 6 heteroatoms. The Morgan fingerprint density at radius 3 is 2.14 bits per heavy atom. The first-order valence-electron chi connectivity index (χ1n) is 5.89. The van der Waals surface area contributed by atoms with E-state index >= 15 is 0 Å². The summed E-state index contributed by atoms with van der Waals surface area (Å²) in [6, 6.07) is 11.4. The number of halogens is 3. The van der Waals surface area contributed by atoms with Crippen molar-refractivity contribution in [1.29, 1.82) is 0 Å². The van der Waals surface area contributed by atoms with Crippen LogP contribution in [0.2, 0.25) is 10.0 Å². The molecule has 0 saturated carbocycles. The number of Topliss-reactive ketones (excluding diaryl/α,β-unsaturated/α-hetero) is 1. The Kier molecular flexibility index (Phi) is 5.39. The van der Waals surface area contributed by atoms with Gasteiger partial charge in [0.2, 0.25) is 0 Å². The summed E-state index contributed by atoms with van der Waals surface area (Å²) in [4.78, 5) is 23.8. The van der Waals surface area contributed by atoms with Gasteiger partial charge in [-0.1, -0.05) is 57.3 Å². The average molecular weight is 388 g/mol. The van der Waals surface area contributed by atoms with Crippen LogP contribution in [0.1, 0.15) is 20.7 Å². The van der Waals surface area contributed by atoms with Crippen LogP contribution in [0.4, 0.5) is 0 Å². The molecule has 108 valence electrons. The number of ether oxygens (including phenoxy) is 1. The average Bonchev–Trinajstić information content (AvgIpc) is 2.45. The molecule has 2 rings (SSSR count). The number of rotatable bonds is 4. The fourth-order valence-corrected chi connectivity index (χ4v) is 2.43. The van der Waals surface area contributed by atoms with Crippen molar-refractivity contribution >= 4 is 50.9 Å². The van der Waals surface area contributed by atoms with E-state index in [2.05, 4.69) is 15.9 Å². The lowest BCUT2D eigenvalue weighted by Crippen LogP contribution is -2.15. The number of carbonyl (C=O) groups is 2. The highest BCUT2D eigenvalue weighted by molar-refractivity contribution is 9.10. The quantitative estimate of drug-likeness (QED) is 0.559. The van der Waals surface area contributed by atoms with Crippen LogP contribution in [0.25, 0.3) is 0 Å². The molecule has 0 saturated heterocycles. The second kappa shape index (κ2) is 7.07. The largest absolute Gasteiger partial charge is 0.454 e. The predicted molar refractivity (Wildman–Crippen MR) is 85.2 cm³/mol. The molecule has 0 aliphatic carbocycles. The zero-order valence-corrected chi connectivity index (χ0v) is 13.7. The molecule has 21 heavy (non-hydrogen) atoms. The van der Waals surface area contributed by atoms with Gasteiger partial charge in [-0.25, -0.2) is 4.79 Å². The Labute approximate surface area is 139 Å². The lowest BCUT2D eigenvalue weighted by atomic mass is 10.1. The molecule has 0 aromatic heterocycles. The van der Waals surface area contributed by atoms with Crippen molar-refractivity contribution < 1.29 is 14.3 Å². The lowest BCUT2D eigenvalue weighted by molar-refractivity contribution is 0.0475. The van der Waals surface area contributed by atoms with E-state index in [0.717, 1.165) is 4.47 Å². The lowest BCUT2D eigenvalue weighted by Gasteiger charge is -2.07. The van der Waals surface area contributed by atoms with E-state index in [-0.39, 0.29) is 28.0 Å². The summed E-state index contributed by atoms with van der Waals surface area (Å²) >= 11 is 15.1. The van der Waals surface area contributed by atoms with Crippen LogP contribution < -0.4 is 0 Å². The highest BCUT2D eigenvalue weighted by Crippen LogP contribution is 2.25. The first kappa shape index (κ1) is 16.0. The van der Waals surface area contributed by atoms with Gasteiger partial charge in [0.1, 0.15) is 0 Å². The number of ketones is 1. The van der Waals surface area contributed by atoms with Crippen molar-refractivity contribution in [3.8, 4) is 0 Å². The fraction of sp³-hybridized carbons (Fsp3) is 0.0667. The van der Waals surface area contributed by atoms with Crippen molar-refractivity contribution in [1.82, 2.24) is 0 Å².